The third-order valence-electron chi connectivity index (χ3n) is 6.42. The molecule has 162 valence electrons. The molecule has 2 aromatic carbocycles. The van der Waals surface area contributed by atoms with Gasteiger partial charge in [0.1, 0.15) is 5.82 Å². The summed E-state index contributed by atoms with van der Waals surface area (Å²) < 4.78 is 15.6. The molecule has 5 nitrogen and oxygen atoms in total. The fourth-order valence-corrected chi connectivity index (χ4v) is 4.77. The normalized spacial score (nSPS) is 18.5. The minimum Gasteiger partial charge on any atom is -0.326 e. The smallest absolute Gasteiger partial charge is 0.224 e. The summed E-state index contributed by atoms with van der Waals surface area (Å²) in [6.45, 7) is 0. The first-order valence-electron chi connectivity index (χ1n) is 11.1. The highest BCUT2D eigenvalue weighted by Crippen LogP contribution is 2.39. The van der Waals surface area contributed by atoms with Gasteiger partial charge < -0.3 is 5.32 Å². The van der Waals surface area contributed by atoms with E-state index in [1.807, 2.05) is 48.8 Å². The number of benzene rings is 2. The predicted molar refractivity (Wildman–Crippen MR) is 123 cm³/mol. The SMILES string of the molecule is O=C(CC1CCC(c2ccnc3ccc(F)cc23)CC1)Nc1ccc(-n2cccn2)cc1. The van der Waals surface area contributed by atoms with Gasteiger partial charge in [0.2, 0.25) is 5.91 Å². The highest BCUT2D eigenvalue weighted by atomic mass is 19.1. The van der Waals surface area contributed by atoms with Crippen molar-refractivity contribution in [2.75, 3.05) is 5.32 Å². The zero-order valence-corrected chi connectivity index (χ0v) is 17.7. The number of halogens is 1. The van der Waals surface area contributed by atoms with Gasteiger partial charge in [-0.05, 0) is 97.7 Å². The second kappa shape index (κ2) is 8.91. The topological polar surface area (TPSA) is 59.8 Å². The van der Waals surface area contributed by atoms with Gasteiger partial charge in [-0.3, -0.25) is 9.78 Å². The Labute approximate surface area is 186 Å². The van der Waals surface area contributed by atoms with Crippen molar-refractivity contribution in [3.8, 4) is 5.69 Å². The largest absolute Gasteiger partial charge is 0.326 e. The first-order valence-corrected chi connectivity index (χ1v) is 11.1. The molecule has 1 aliphatic rings. The van der Waals surface area contributed by atoms with Crippen molar-refractivity contribution in [1.29, 1.82) is 0 Å². The molecule has 4 aromatic rings. The first-order chi connectivity index (χ1) is 15.7. The lowest BCUT2D eigenvalue weighted by Crippen LogP contribution is -2.20. The van der Waals surface area contributed by atoms with Crippen LogP contribution in [0.25, 0.3) is 16.6 Å². The number of pyridine rings is 1. The summed E-state index contributed by atoms with van der Waals surface area (Å²) in [6.07, 6.45) is 9.96. The van der Waals surface area contributed by atoms with Crippen molar-refractivity contribution >= 4 is 22.5 Å². The van der Waals surface area contributed by atoms with Crippen LogP contribution in [0.3, 0.4) is 0 Å². The van der Waals surface area contributed by atoms with Gasteiger partial charge >= 0.3 is 0 Å². The van der Waals surface area contributed by atoms with Gasteiger partial charge in [0.15, 0.2) is 0 Å². The van der Waals surface area contributed by atoms with Crippen molar-refractivity contribution in [1.82, 2.24) is 14.8 Å². The molecule has 0 atom stereocenters. The van der Waals surface area contributed by atoms with Crippen LogP contribution in [0.1, 0.15) is 43.6 Å². The van der Waals surface area contributed by atoms with E-state index < -0.39 is 0 Å². The highest BCUT2D eigenvalue weighted by molar-refractivity contribution is 5.91. The summed E-state index contributed by atoms with van der Waals surface area (Å²) in [5.74, 6) is 0.586. The number of anilines is 1. The fourth-order valence-electron chi connectivity index (χ4n) is 4.77. The van der Waals surface area contributed by atoms with Crippen molar-refractivity contribution in [2.45, 2.75) is 38.0 Å². The van der Waals surface area contributed by atoms with E-state index in [0.29, 0.717) is 18.3 Å². The van der Waals surface area contributed by atoms with E-state index in [-0.39, 0.29) is 11.7 Å². The van der Waals surface area contributed by atoms with E-state index in [2.05, 4.69) is 15.4 Å². The molecular formula is C26H25FN4O. The quantitative estimate of drug-likeness (QED) is 0.433. The fraction of sp³-hybridized carbons (Fsp3) is 0.269. The van der Waals surface area contributed by atoms with Gasteiger partial charge in [0, 0.05) is 36.1 Å². The number of fused-ring (bicyclic) bond motifs is 1. The maximum atomic E-state index is 13.8. The zero-order valence-electron chi connectivity index (χ0n) is 17.7. The van der Waals surface area contributed by atoms with Crippen molar-refractivity contribution in [3.05, 3.63) is 84.6 Å². The minimum atomic E-state index is -0.227. The summed E-state index contributed by atoms with van der Waals surface area (Å²) in [7, 11) is 0. The van der Waals surface area contributed by atoms with Gasteiger partial charge in [0.25, 0.3) is 0 Å². The Morgan fingerprint density at radius 3 is 2.59 bits per heavy atom. The summed E-state index contributed by atoms with van der Waals surface area (Å²) in [6, 6.07) is 16.4. The molecule has 0 aliphatic heterocycles. The molecule has 1 aliphatic carbocycles. The highest BCUT2D eigenvalue weighted by Gasteiger charge is 2.25. The lowest BCUT2D eigenvalue weighted by molar-refractivity contribution is -0.117. The van der Waals surface area contributed by atoms with E-state index in [1.165, 1.54) is 11.6 Å². The number of rotatable bonds is 5. The van der Waals surface area contributed by atoms with Crippen LogP contribution in [-0.2, 0) is 4.79 Å². The van der Waals surface area contributed by atoms with E-state index in [9.17, 15) is 9.18 Å². The number of carbonyl (C=O) groups is 1. The number of carbonyl (C=O) groups excluding carboxylic acids is 1. The average Bonchev–Trinajstić information content (AvgIpc) is 3.35. The second-order valence-corrected chi connectivity index (χ2v) is 8.53. The molecule has 0 saturated heterocycles. The molecular weight excluding hydrogens is 403 g/mol. The van der Waals surface area contributed by atoms with Crippen LogP contribution in [0.2, 0.25) is 0 Å². The van der Waals surface area contributed by atoms with Crippen LogP contribution >= 0.6 is 0 Å². The Balaban J connectivity index is 1.17. The molecule has 32 heavy (non-hydrogen) atoms. The van der Waals surface area contributed by atoms with E-state index in [1.54, 1.807) is 23.0 Å². The maximum Gasteiger partial charge on any atom is 0.224 e. The Kier molecular flexibility index (Phi) is 5.67. The lowest BCUT2D eigenvalue weighted by Gasteiger charge is -2.29. The Morgan fingerprint density at radius 1 is 1.03 bits per heavy atom. The minimum absolute atomic E-state index is 0.0525. The Bertz CT molecular complexity index is 1210. The van der Waals surface area contributed by atoms with Crippen LogP contribution < -0.4 is 5.32 Å². The molecule has 1 fully saturated rings. The molecule has 2 aromatic heterocycles. The van der Waals surface area contributed by atoms with Crippen LogP contribution in [0.15, 0.2) is 73.2 Å². The molecule has 0 bridgehead atoms. The Morgan fingerprint density at radius 2 is 1.84 bits per heavy atom. The van der Waals surface area contributed by atoms with Gasteiger partial charge in [-0.25, -0.2) is 9.07 Å². The summed E-state index contributed by atoms with van der Waals surface area (Å²) in [5, 5.41) is 8.14. The monoisotopic (exact) mass is 428 g/mol. The van der Waals surface area contributed by atoms with E-state index >= 15 is 0 Å². The standard InChI is InChI=1S/C26H25FN4O/c27-20-6-11-25-24(17-20)23(12-14-28-25)19-4-2-18(3-5-19)16-26(32)30-21-7-9-22(10-8-21)31-15-1-13-29-31/h1,6-15,17-19H,2-5,16H2,(H,30,32). The Hall–Kier alpha value is -3.54. The van der Waals surface area contributed by atoms with Crippen molar-refractivity contribution in [2.24, 2.45) is 5.92 Å². The first kappa shape index (κ1) is 20.4. The van der Waals surface area contributed by atoms with E-state index in [4.69, 9.17) is 0 Å². The number of nitrogens with zero attached hydrogens (tertiary/aromatic N) is 3. The van der Waals surface area contributed by atoms with Crippen molar-refractivity contribution in [3.63, 3.8) is 0 Å². The third kappa shape index (κ3) is 4.40. The average molecular weight is 429 g/mol. The van der Waals surface area contributed by atoms with Gasteiger partial charge in [0.05, 0.1) is 11.2 Å². The summed E-state index contributed by atoms with van der Waals surface area (Å²) in [4.78, 5) is 16.9. The number of hydrogen-bond donors (Lipinski definition) is 1. The number of hydrogen-bond acceptors (Lipinski definition) is 3. The summed E-state index contributed by atoms with van der Waals surface area (Å²) >= 11 is 0. The molecule has 0 radical (unpaired) electrons. The van der Waals surface area contributed by atoms with E-state index in [0.717, 1.165) is 48.0 Å². The molecule has 1 N–H and O–H groups in total. The summed E-state index contributed by atoms with van der Waals surface area (Å²) in [5.41, 5.74) is 3.76. The predicted octanol–water partition coefficient (Wildman–Crippen LogP) is 5.86. The molecule has 0 unspecified atom stereocenters. The van der Waals surface area contributed by atoms with Crippen LogP contribution in [0, 0.1) is 11.7 Å². The zero-order chi connectivity index (χ0) is 21.9. The number of aromatic nitrogens is 3. The molecule has 1 saturated carbocycles. The second-order valence-electron chi connectivity index (χ2n) is 8.53. The molecule has 5 rings (SSSR count). The molecule has 6 heteroatoms. The van der Waals surface area contributed by atoms with Gasteiger partial charge in [-0.1, -0.05) is 0 Å². The third-order valence-corrected chi connectivity index (χ3v) is 6.42. The van der Waals surface area contributed by atoms with Crippen LogP contribution in [-0.4, -0.2) is 20.7 Å². The lowest BCUT2D eigenvalue weighted by atomic mass is 9.77. The van der Waals surface area contributed by atoms with Gasteiger partial charge in [-0.2, -0.15) is 5.10 Å². The number of nitrogens with one attached hydrogen (secondary N) is 1. The maximum absolute atomic E-state index is 13.8. The number of amides is 1. The molecule has 2 heterocycles. The van der Waals surface area contributed by atoms with Crippen molar-refractivity contribution < 1.29 is 9.18 Å². The molecule has 1 amide bonds. The van der Waals surface area contributed by atoms with Crippen LogP contribution in [0.4, 0.5) is 10.1 Å². The van der Waals surface area contributed by atoms with Gasteiger partial charge in [-0.15, -0.1) is 0 Å². The van der Waals surface area contributed by atoms with Crippen LogP contribution in [0.5, 0.6) is 0 Å². The molecule has 0 spiro atoms.